The van der Waals surface area contributed by atoms with Gasteiger partial charge < -0.3 is 15.2 Å². The zero-order valence-electron chi connectivity index (χ0n) is 13.5. The molecule has 21 heavy (non-hydrogen) atoms. The van der Waals surface area contributed by atoms with E-state index < -0.39 is 0 Å². The molecular formula is C17H32N2O2. The first-order chi connectivity index (χ1) is 10.2. The number of aliphatic hydroxyl groups excluding tert-OH is 1. The molecule has 1 heterocycles. The number of aliphatic hydroxyl groups is 1. The van der Waals surface area contributed by atoms with Gasteiger partial charge in [-0.05, 0) is 38.0 Å². The third kappa shape index (κ3) is 4.19. The Morgan fingerprint density at radius 2 is 2.00 bits per heavy atom. The Bertz CT molecular complexity index is 327. The summed E-state index contributed by atoms with van der Waals surface area (Å²) in [6.07, 6.45) is 9.65. The van der Waals surface area contributed by atoms with Gasteiger partial charge in [0.2, 0.25) is 0 Å². The maximum absolute atomic E-state index is 9.39. The van der Waals surface area contributed by atoms with Crippen molar-refractivity contribution in [2.24, 2.45) is 5.41 Å². The summed E-state index contributed by atoms with van der Waals surface area (Å²) in [5, 5.41) is 13.2. The molecule has 0 aromatic rings. The molecule has 0 aromatic carbocycles. The van der Waals surface area contributed by atoms with Crippen LogP contribution in [0.1, 0.15) is 51.9 Å². The highest BCUT2D eigenvalue weighted by Crippen LogP contribution is 2.38. The van der Waals surface area contributed by atoms with Gasteiger partial charge >= 0.3 is 0 Å². The van der Waals surface area contributed by atoms with Crippen molar-refractivity contribution in [1.82, 2.24) is 10.2 Å². The van der Waals surface area contributed by atoms with Crippen LogP contribution in [0.25, 0.3) is 0 Å². The standard InChI is InChI=1S/C17H32N2O2/c1-14-11-21-16(10-20)9-19(14)13-17(7-3-2-4-8-17)12-18-15-5-6-15/h14-16,18,20H,2-13H2,1H3. The molecule has 3 rings (SSSR count). The Kier molecular flexibility index (Phi) is 5.20. The molecule has 0 amide bonds. The molecule has 2 aliphatic carbocycles. The molecule has 2 unspecified atom stereocenters. The number of ether oxygens (including phenoxy) is 1. The molecular weight excluding hydrogens is 264 g/mol. The van der Waals surface area contributed by atoms with Crippen LogP contribution >= 0.6 is 0 Å². The lowest BCUT2D eigenvalue weighted by Crippen LogP contribution is -2.55. The monoisotopic (exact) mass is 296 g/mol. The van der Waals surface area contributed by atoms with Crippen LogP contribution in [0.2, 0.25) is 0 Å². The van der Waals surface area contributed by atoms with Crippen LogP contribution in [-0.2, 0) is 4.74 Å². The zero-order valence-corrected chi connectivity index (χ0v) is 13.5. The highest BCUT2D eigenvalue weighted by atomic mass is 16.5. The number of nitrogens with zero attached hydrogens (tertiary/aromatic N) is 1. The van der Waals surface area contributed by atoms with Crippen LogP contribution < -0.4 is 5.32 Å². The summed E-state index contributed by atoms with van der Waals surface area (Å²) in [5.41, 5.74) is 0.451. The fourth-order valence-corrected chi connectivity index (χ4v) is 3.98. The van der Waals surface area contributed by atoms with Crippen molar-refractivity contribution < 1.29 is 9.84 Å². The van der Waals surface area contributed by atoms with E-state index in [9.17, 15) is 5.11 Å². The molecule has 0 radical (unpaired) electrons. The van der Waals surface area contributed by atoms with E-state index in [2.05, 4.69) is 17.1 Å². The summed E-state index contributed by atoms with van der Waals surface area (Å²) in [6.45, 7) is 6.43. The third-order valence-corrected chi connectivity index (χ3v) is 5.63. The molecule has 2 saturated carbocycles. The van der Waals surface area contributed by atoms with Gasteiger partial charge in [0.15, 0.2) is 0 Å². The van der Waals surface area contributed by atoms with Crippen molar-refractivity contribution in [2.45, 2.75) is 70.1 Å². The lowest BCUT2D eigenvalue weighted by molar-refractivity contribution is -0.0907. The molecule has 3 aliphatic rings. The summed E-state index contributed by atoms with van der Waals surface area (Å²) >= 11 is 0. The van der Waals surface area contributed by atoms with Crippen molar-refractivity contribution in [2.75, 3.05) is 32.8 Å². The van der Waals surface area contributed by atoms with Gasteiger partial charge in [0, 0.05) is 31.7 Å². The van der Waals surface area contributed by atoms with Gasteiger partial charge in [0.25, 0.3) is 0 Å². The average Bonchev–Trinajstić information content (AvgIpc) is 3.33. The highest BCUT2D eigenvalue weighted by Gasteiger charge is 2.38. The van der Waals surface area contributed by atoms with Crippen LogP contribution in [-0.4, -0.2) is 61.0 Å². The molecule has 0 aromatic heterocycles. The topological polar surface area (TPSA) is 44.7 Å². The van der Waals surface area contributed by atoms with E-state index >= 15 is 0 Å². The molecule has 0 bridgehead atoms. The van der Waals surface area contributed by atoms with Crippen molar-refractivity contribution in [3.63, 3.8) is 0 Å². The molecule has 1 saturated heterocycles. The number of hydrogen-bond donors (Lipinski definition) is 2. The number of nitrogens with one attached hydrogen (secondary N) is 1. The molecule has 3 fully saturated rings. The van der Waals surface area contributed by atoms with E-state index in [-0.39, 0.29) is 12.7 Å². The fourth-order valence-electron chi connectivity index (χ4n) is 3.98. The van der Waals surface area contributed by atoms with Crippen molar-refractivity contribution in [3.05, 3.63) is 0 Å². The first-order valence-corrected chi connectivity index (χ1v) is 8.91. The quantitative estimate of drug-likeness (QED) is 0.784. The van der Waals surface area contributed by atoms with E-state index in [0.717, 1.165) is 19.2 Å². The van der Waals surface area contributed by atoms with E-state index in [1.165, 1.54) is 58.0 Å². The number of hydrogen-bond acceptors (Lipinski definition) is 4. The first-order valence-electron chi connectivity index (χ1n) is 8.91. The predicted octanol–water partition coefficient (Wildman–Crippen LogP) is 1.77. The summed E-state index contributed by atoms with van der Waals surface area (Å²) < 4.78 is 5.69. The Morgan fingerprint density at radius 3 is 2.67 bits per heavy atom. The molecule has 0 spiro atoms. The Morgan fingerprint density at radius 1 is 1.24 bits per heavy atom. The maximum Gasteiger partial charge on any atom is 0.0933 e. The SMILES string of the molecule is CC1COC(CO)CN1CC1(CNC2CC2)CCCCC1. The van der Waals surface area contributed by atoms with E-state index in [4.69, 9.17) is 4.74 Å². The van der Waals surface area contributed by atoms with Crippen molar-refractivity contribution in [3.8, 4) is 0 Å². The molecule has 4 heteroatoms. The van der Waals surface area contributed by atoms with Gasteiger partial charge in [-0.3, -0.25) is 4.90 Å². The second-order valence-electron chi connectivity index (χ2n) is 7.63. The first kappa shape index (κ1) is 15.7. The minimum Gasteiger partial charge on any atom is -0.394 e. The lowest BCUT2D eigenvalue weighted by Gasteiger charge is -2.46. The summed E-state index contributed by atoms with van der Waals surface area (Å²) in [7, 11) is 0. The summed E-state index contributed by atoms with van der Waals surface area (Å²) in [5.74, 6) is 0. The maximum atomic E-state index is 9.39. The van der Waals surface area contributed by atoms with E-state index in [1.807, 2.05) is 0 Å². The van der Waals surface area contributed by atoms with Crippen LogP contribution in [0.5, 0.6) is 0 Å². The normalized spacial score (nSPS) is 34.0. The minimum atomic E-state index is 0.0123. The highest BCUT2D eigenvalue weighted by molar-refractivity contribution is 4.93. The Labute approximate surface area is 129 Å². The summed E-state index contributed by atoms with van der Waals surface area (Å²) in [6, 6.07) is 1.28. The second-order valence-corrected chi connectivity index (χ2v) is 7.63. The fraction of sp³-hybridized carbons (Fsp3) is 1.00. The lowest BCUT2D eigenvalue weighted by atomic mass is 9.73. The van der Waals surface area contributed by atoms with E-state index in [1.54, 1.807) is 0 Å². The Hall–Kier alpha value is -0.160. The van der Waals surface area contributed by atoms with Gasteiger partial charge in [-0.25, -0.2) is 0 Å². The predicted molar refractivity (Wildman–Crippen MR) is 84.4 cm³/mol. The molecule has 4 nitrogen and oxygen atoms in total. The van der Waals surface area contributed by atoms with Gasteiger partial charge in [-0.15, -0.1) is 0 Å². The Balaban J connectivity index is 1.61. The van der Waals surface area contributed by atoms with Crippen LogP contribution in [0.15, 0.2) is 0 Å². The third-order valence-electron chi connectivity index (χ3n) is 5.63. The minimum absolute atomic E-state index is 0.0123. The van der Waals surface area contributed by atoms with Gasteiger partial charge in [0.05, 0.1) is 19.3 Å². The van der Waals surface area contributed by atoms with Gasteiger partial charge in [-0.1, -0.05) is 19.3 Å². The van der Waals surface area contributed by atoms with Crippen LogP contribution in [0, 0.1) is 5.41 Å². The molecule has 2 N–H and O–H groups in total. The molecule has 1 aliphatic heterocycles. The largest absolute Gasteiger partial charge is 0.394 e. The van der Waals surface area contributed by atoms with Crippen LogP contribution in [0.4, 0.5) is 0 Å². The summed E-state index contributed by atoms with van der Waals surface area (Å²) in [4.78, 5) is 2.57. The van der Waals surface area contributed by atoms with Crippen molar-refractivity contribution >= 4 is 0 Å². The van der Waals surface area contributed by atoms with Crippen molar-refractivity contribution in [1.29, 1.82) is 0 Å². The van der Waals surface area contributed by atoms with E-state index in [0.29, 0.717) is 11.5 Å². The van der Waals surface area contributed by atoms with Gasteiger partial charge in [-0.2, -0.15) is 0 Å². The average molecular weight is 296 g/mol. The molecule has 2 atom stereocenters. The van der Waals surface area contributed by atoms with Crippen LogP contribution in [0.3, 0.4) is 0 Å². The smallest absolute Gasteiger partial charge is 0.0933 e. The zero-order chi connectivity index (χ0) is 14.7. The number of rotatable bonds is 6. The molecule has 122 valence electrons. The second kappa shape index (κ2) is 6.95. The number of morpholine rings is 1. The van der Waals surface area contributed by atoms with Gasteiger partial charge in [0.1, 0.15) is 0 Å².